The minimum absolute atomic E-state index is 0.310. The van der Waals surface area contributed by atoms with Crippen LogP contribution in [-0.2, 0) is 14.4 Å². The van der Waals surface area contributed by atoms with E-state index in [1.807, 2.05) is 19.1 Å². The number of carbonyl (C=O) groups is 3. The first-order valence-electron chi connectivity index (χ1n) is 7.15. The smallest absolute Gasteiger partial charge is 0.313 e. The van der Waals surface area contributed by atoms with Crippen LogP contribution < -0.4 is 16.0 Å². The maximum atomic E-state index is 11.8. The number of benzene rings is 2. The van der Waals surface area contributed by atoms with Gasteiger partial charge in [0.15, 0.2) is 0 Å². The summed E-state index contributed by atoms with van der Waals surface area (Å²) in [7, 11) is 0. The van der Waals surface area contributed by atoms with Crippen molar-refractivity contribution in [1.29, 1.82) is 0 Å². The molecule has 6 nitrogen and oxygen atoms in total. The highest BCUT2D eigenvalue weighted by atomic mass is 35.5. The molecule has 2 aromatic carbocycles. The molecule has 24 heavy (non-hydrogen) atoms. The fourth-order valence-corrected chi connectivity index (χ4v) is 2.03. The van der Waals surface area contributed by atoms with Gasteiger partial charge in [0.1, 0.15) is 0 Å². The molecular formula is C17H16ClN3O3. The van der Waals surface area contributed by atoms with Crippen LogP contribution in [0.2, 0.25) is 5.02 Å². The number of halogens is 1. The first kappa shape index (κ1) is 17.5. The fourth-order valence-electron chi connectivity index (χ4n) is 1.84. The summed E-state index contributed by atoms with van der Waals surface area (Å²) >= 11 is 5.79. The highest BCUT2D eigenvalue weighted by molar-refractivity contribution is 6.40. The van der Waals surface area contributed by atoms with Gasteiger partial charge < -0.3 is 16.0 Å². The van der Waals surface area contributed by atoms with Crippen LogP contribution in [0.25, 0.3) is 0 Å². The molecule has 124 valence electrons. The summed E-state index contributed by atoms with van der Waals surface area (Å²) in [5.74, 6) is -2.21. The van der Waals surface area contributed by atoms with E-state index in [4.69, 9.17) is 11.6 Å². The number of hydrogen-bond acceptors (Lipinski definition) is 3. The lowest BCUT2D eigenvalue weighted by Gasteiger charge is -2.08. The Morgan fingerprint density at radius 2 is 1.62 bits per heavy atom. The number of nitrogens with one attached hydrogen (secondary N) is 3. The molecule has 0 aliphatic carbocycles. The average Bonchev–Trinajstić information content (AvgIpc) is 2.54. The normalized spacial score (nSPS) is 9.92. The Morgan fingerprint density at radius 3 is 2.29 bits per heavy atom. The molecule has 0 saturated heterocycles. The minimum Gasteiger partial charge on any atom is -0.339 e. The summed E-state index contributed by atoms with van der Waals surface area (Å²) in [4.78, 5) is 35.2. The molecule has 0 saturated carbocycles. The molecule has 3 N–H and O–H groups in total. The number of carbonyl (C=O) groups excluding carboxylic acids is 3. The molecule has 0 heterocycles. The molecule has 0 aliphatic rings. The van der Waals surface area contributed by atoms with E-state index in [2.05, 4.69) is 16.0 Å². The molecule has 0 radical (unpaired) electrons. The van der Waals surface area contributed by atoms with Gasteiger partial charge in [0, 0.05) is 16.4 Å². The Morgan fingerprint density at radius 1 is 0.917 bits per heavy atom. The zero-order chi connectivity index (χ0) is 17.5. The van der Waals surface area contributed by atoms with Gasteiger partial charge in [-0.3, -0.25) is 14.4 Å². The molecule has 0 bridgehead atoms. The van der Waals surface area contributed by atoms with Crippen LogP contribution in [0.4, 0.5) is 11.4 Å². The van der Waals surface area contributed by atoms with Crippen molar-refractivity contribution in [3.8, 4) is 0 Å². The van der Waals surface area contributed by atoms with Gasteiger partial charge in [-0.05, 0) is 37.3 Å². The van der Waals surface area contributed by atoms with Crippen LogP contribution in [0.3, 0.4) is 0 Å². The minimum atomic E-state index is -0.908. The standard InChI is InChI=1S/C17H16ClN3O3/c1-11-5-7-13(8-6-11)20-15(22)10-19-16(23)17(24)21-14-4-2-3-12(18)9-14/h2-9H,10H2,1H3,(H,19,23)(H,20,22)(H,21,24). The van der Waals surface area contributed by atoms with Gasteiger partial charge in [-0.25, -0.2) is 0 Å². The molecule has 7 heteroatoms. The predicted molar refractivity (Wildman–Crippen MR) is 92.9 cm³/mol. The van der Waals surface area contributed by atoms with Crippen LogP contribution >= 0.6 is 11.6 Å². The number of aryl methyl sites for hydroxylation is 1. The van der Waals surface area contributed by atoms with Crippen LogP contribution in [-0.4, -0.2) is 24.3 Å². The highest BCUT2D eigenvalue weighted by Gasteiger charge is 2.15. The predicted octanol–water partition coefficient (Wildman–Crippen LogP) is 2.34. The van der Waals surface area contributed by atoms with Gasteiger partial charge in [-0.2, -0.15) is 0 Å². The Hall–Kier alpha value is -2.86. The van der Waals surface area contributed by atoms with E-state index in [0.717, 1.165) is 5.56 Å². The van der Waals surface area contributed by atoms with E-state index < -0.39 is 17.7 Å². The van der Waals surface area contributed by atoms with Crippen molar-refractivity contribution in [2.45, 2.75) is 6.92 Å². The Kier molecular flexibility index (Phi) is 5.92. The second-order valence-corrected chi connectivity index (χ2v) is 5.50. The van der Waals surface area contributed by atoms with E-state index in [1.165, 1.54) is 6.07 Å². The summed E-state index contributed by atoms with van der Waals surface area (Å²) in [6.07, 6.45) is 0. The van der Waals surface area contributed by atoms with E-state index in [0.29, 0.717) is 16.4 Å². The molecule has 0 atom stereocenters. The van der Waals surface area contributed by atoms with Gasteiger partial charge >= 0.3 is 11.8 Å². The third kappa shape index (κ3) is 5.40. The van der Waals surface area contributed by atoms with Crippen molar-refractivity contribution in [1.82, 2.24) is 5.32 Å². The van der Waals surface area contributed by atoms with Gasteiger partial charge in [0.2, 0.25) is 5.91 Å². The lowest BCUT2D eigenvalue weighted by molar-refractivity contribution is -0.136. The Bertz CT molecular complexity index is 760. The van der Waals surface area contributed by atoms with Crippen LogP contribution in [0, 0.1) is 6.92 Å². The van der Waals surface area contributed by atoms with E-state index >= 15 is 0 Å². The monoisotopic (exact) mass is 345 g/mol. The summed E-state index contributed by atoms with van der Waals surface area (Å²) in [6, 6.07) is 13.6. The van der Waals surface area contributed by atoms with E-state index in [-0.39, 0.29) is 6.54 Å². The van der Waals surface area contributed by atoms with Crippen molar-refractivity contribution < 1.29 is 14.4 Å². The summed E-state index contributed by atoms with van der Waals surface area (Å²) < 4.78 is 0. The maximum absolute atomic E-state index is 11.8. The number of anilines is 2. The van der Waals surface area contributed by atoms with Crippen molar-refractivity contribution in [2.75, 3.05) is 17.2 Å². The molecular weight excluding hydrogens is 330 g/mol. The molecule has 0 aliphatic heterocycles. The third-order valence-corrected chi connectivity index (χ3v) is 3.27. The van der Waals surface area contributed by atoms with Gasteiger partial charge in [0.05, 0.1) is 6.54 Å². The molecule has 2 rings (SSSR count). The SMILES string of the molecule is Cc1ccc(NC(=O)CNC(=O)C(=O)Nc2cccc(Cl)c2)cc1. The van der Waals surface area contributed by atoms with Crippen LogP contribution in [0.5, 0.6) is 0 Å². The van der Waals surface area contributed by atoms with Gasteiger partial charge in [0.25, 0.3) is 0 Å². The first-order valence-corrected chi connectivity index (χ1v) is 7.53. The van der Waals surface area contributed by atoms with Crippen molar-refractivity contribution in [3.63, 3.8) is 0 Å². The van der Waals surface area contributed by atoms with Crippen LogP contribution in [0.1, 0.15) is 5.56 Å². The second-order valence-electron chi connectivity index (χ2n) is 5.06. The van der Waals surface area contributed by atoms with E-state index in [9.17, 15) is 14.4 Å². The summed E-state index contributed by atoms with van der Waals surface area (Å²) in [6.45, 7) is 1.63. The van der Waals surface area contributed by atoms with Crippen molar-refractivity contribution in [3.05, 3.63) is 59.1 Å². The van der Waals surface area contributed by atoms with Gasteiger partial charge in [-0.15, -0.1) is 0 Å². The molecule has 0 spiro atoms. The largest absolute Gasteiger partial charge is 0.339 e. The fraction of sp³-hybridized carbons (Fsp3) is 0.118. The molecule has 0 fully saturated rings. The zero-order valence-corrected chi connectivity index (χ0v) is 13.7. The first-order chi connectivity index (χ1) is 11.4. The summed E-state index contributed by atoms with van der Waals surface area (Å²) in [5.41, 5.74) is 2.08. The Labute approximate surface area is 144 Å². The van der Waals surface area contributed by atoms with E-state index in [1.54, 1.807) is 30.3 Å². The highest BCUT2D eigenvalue weighted by Crippen LogP contribution is 2.14. The quantitative estimate of drug-likeness (QED) is 0.743. The van der Waals surface area contributed by atoms with Crippen molar-refractivity contribution >= 4 is 40.7 Å². The maximum Gasteiger partial charge on any atom is 0.313 e. The molecule has 0 aromatic heterocycles. The van der Waals surface area contributed by atoms with Gasteiger partial charge in [-0.1, -0.05) is 35.4 Å². The number of amides is 3. The van der Waals surface area contributed by atoms with Crippen molar-refractivity contribution in [2.24, 2.45) is 0 Å². The molecule has 0 unspecified atom stereocenters. The van der Waals surface area contributed by atoms with Crippen LogP contribution in [0.15, 0.2) is 48.5 Å². The lowest BCUT2D eigenvalue weighted by Crippen LogP contribution is -2.39. The second kappa shape index (κ2) is 8.12. The lowest BCUT2D eigenvalue weighted by atomic mass is 10.2. The molecule has 3 amide bonds. The average molecular weight is 346 g/mol. The third-order valence-electron chi connectivity index (χ3n) is 3.03. The summed E-state index contributed by atoms with van der Waals surface area (Å²) in [5, 5.41) is 7.70. The Balaban J connectivity index is 1.80. The topological polar surface area (TPSA) is 87.3 Å². The number of rotatable bonds is 4. The number of hydrogen-bond donors (Lipinski definition) is 3. The molecule has 2 aromatic rings. The zero-order valence-electron chi connectivity index (χ0n) is 12.9.